The van der Waals surface area contributed by atoms with E-state index in [0.717, 1.165) is 16.7 Å². The SMILES string of the molecule is Cc1cc(C)cc(-c2nnc(NC(=O)c3ccc4c(c3)OCCO4)o2)c1. The summed E-state index contributed by atoms with van der Waals surface area (Å²) < 4.78 is 16.5. The normalized spacial score (nSPS) is 12.7. The standard InChI is InChI=1S/C19H17N3O4/c1-11-7-12(2)9-14(8-11)18-21-22-19(26-18)20-17(23)13-3-4-15-16(10-13)25-6-5-24-15/h3-4,7-10H,5-6H2,1-2H3,(H,20,22,23). The van der Waals surface area contributed by atoms with Gasteiger partial charge in [-0.15, -0.1) is 5.10 Å². The Balaban J connectivity index is 1.53. The van der Waals surface area contributed by atoms with Gasteiger partial charge in [0.25, 0.3) is 5.91 Å². The molecule has 26 heavy (non-hydrogen) atoms. The molecule has 0 aliphatic carbocycles. The Morgan fingerprint density at radius 2 is 1.69 bits per heavy atom. The zero-order chi connectivity index (χ0) is 18.1. The molecule has 0 bridgehead atoms. The molecule has 1 aromatic heterocycles. The van der Waals surface area contributed by atoms with Gasteiger partial charge in [-0.2, -0.15) is 0 Å². The molecular formula is C19H17N3O4. The summed E-state index contributed by atoms with van der Waals surface area (Å²) in [5.41, 5.74) is 3.43. The van der Waals surface area contributed by atoms with Crippen LogP contribution in [0.3, 0.4) is 0 Å². The van der Waals surface area contributed by atoms with E-state index in [9.17, 15) is 4.79 Å². The molecule has 4 rings (SSSR count). The van der Waals surface area contributed by atoms with Crippen molar-refractivity contribution in [1.82, 2.24) is 10.2 Å². The molecule has 7 nitrogen and oxygen atoms in total. The quantitative estimate of drug-likeness (QED) is 0.778. The number of hydrogen-bond acceptors (Lipinski definition) is 6. The summed E-state index contributed by atoms with van der Waals surface area (Å²) in [6, 6.07) is 11.0. The average molecular weight is 351 g/mol. The van der Waals surface area contributed by atoms with Crippen molar-refractivity contribution in [2.75, 3.05) is 18.5 Å². The van der Waals surface area contributed by atoms with Crippen molar-refractivity contribution in [2.24, 2.45) is 0 Å². The van der Waals surface area contributed by atoms with Crippen molar-refractivity contribution < 1.29 is 18.7 Å². The number of carbonyl (C=O) groups excluding carboxylic acids is 1. The number of benzene rings is 2. The third-order valence-electron chi connectivity index (χ3n) is 3.92. The van der Waals surface area contributed by atoms with Crippen molar-refractivity contribution in [3.8, 4) is 23.0 Å². The van der Waals surface area contributed by atoms with Gasteiger partial charge >= 0.3 is 6.01 Å². The molecule has 3 aromatic rings. The first-order valence-corrected chi connectivity index (χ1v) is 8.22. The number of amides is 1. The maximum atomic E-state index is 12.4. The lowest BCUT2D eigenvalue weighted by atomic mass is 10.1. The lowest BCUT2D eigenvalue weighted by molar-refractivity contribution is 0.102. The molecule has 1 aliphatic heterocycles. The van der Waals surface area contributed by atoms with Gasteiger partial charge in [-0.05, 0) is 44.2 Å². The van der Waals surface area contributed by atoms with Crippen LogP contribution in [-0.4, -0.2) is 29.3 Å². The summed E-state index contributed by atoms with van der Waals surface area (Å²) >= 11 is 0. The largest absolute Gasteiger partial charge is 0.486 e. The van der Waals surface area contributed by atoms with Gasteiger partial charge in [0.1, 0.15) is 13.2 Å². The number of hydrogen-bond donors (Lipinski definition) is 1. The minimum atomic E-state index is -0.363. The molecule has 1 N–H and O–H groups in total. The van der Waals surface area contributed by atoms with E-state index in [4.69, 9.17) is 13.9 Å². The van der Waals surface area contributed by atoms with Gasteiger partial charge in [-0.25, -0.2) is 0 Å². The molecule has 2 aromatic carbocycles. The topological polar surface area (TPSA) is 86.5 Å². The number of carbonyl (C=O) groups is 1. The maximum absolute atomic E-state index is 12.4. The average Bonchev–Trinajstić information content (AvgIpc) is 3.09. The first kappa shape index (κ1) is 16.1. The first-order chi connectivity index (χ1) is 12.6. The highest BCUT2D eigenvalue weighted by Gasteiger charge is 2.17. The summed E-state index contributed by atoms with van der Waals surface area (Å²) in [7, 11) is 0. The van der Waals surface area contributed by atoms with Crippen LogP contribution >= 0.6 is 0 Å². The Kier molecular flexibility index (Phi) is 4.04. The number of anilines is 1. The lowest BCUT2D eigenvalue weighted by Gasteiger charge is -2.18. The number of ether oxygens (including phenoxy) is 2. The second-order valence-corrected chi connectivity index (χ2v) is 6.10. The number of fused-ring (bicyclic) bond motifs is 1. The highest BCUT2D eigenvalue weighted by molar-refractivity contribution is 6.03. The van der Waals surface area contributed by atoms with Crippen LogP contribution < -0.4 is 14.8 Å². The maximum Gasteiger partial charge on any atom is 0.322 e. The van der Waals surface area contributed by atoms with Crippen molar-refractivity contribution in [1.29, 1.82) is 0 Å². The zero-order valence-corrected chi connectivity index (χ0v) is 14.4. The van der Waals surface area contributed by atoms with E-state index in [-0.39, 0.29) is 11.9 Å². The van der Waals surface area contributed by atoms with Crippen LogP contribution in [0.25, 0.3) is 11.5 Å². The van der Waals surface area contributed by atoms with E-state index in [1.807, 2.05) is 26.0 Å². The van der Waals surface area contributed by atoms with Crippen LogP contribution in [0.5, 0.6) is 11.5 Å². The Bertz CT molecular complexity index is 960. The fraction of sp³-hybridized carbons (Fsp3) is 0.211. The molecular weight excluding hydrogens is 334 g/mol. The first-order valence-electron chi connectivity index (χ1n) is 8.22. The molecule has 0 radical (unpaired) electrons. The van der Waals surface area contributed by atoms with Gasteiger partial charge in [0.2, 0.25) is 5.89 Å². The van der Waals surface area contributed by atoms with E-state index >= 15 is 0 Å². The molecule has 2 heterocycles. The third kappa shape index (κ3) is 3.23. The van der Waals surface area contributed by atoms with Crippen LogP contribution in [0.4, 0.5) is 6.01 Å². The minimum absolute atomic E-state index is 0.0408. The Morgan fingerprint density at radius 1 is 0.962 bits per heavy atom. The van der Waals surface area contributed by atoms with Gasteiger partial charge in [-0.3, -0.25) is 10.1 Å². The van der Waals surface area contributed by atoms with Gasteiger partial charge in [0, 0.05) is 11.1 Å². The number of nitrogens with zero attached hydrogens (tertiary/aromatic N) is 2. The summed E-state index contributed by atoms with van der Waals surface area (Å²) in [5.74, 6) is 1.17. The van der Waals surface area contributed by atoms with Crippen molar-refractivity contribution in [3.05, 3.63) is 53.1 Å². The Hall–Kier alpha value is -3.35. The third-order valence-corrected chi connectivity index (χ3v) is 3.92. The predicted octanol–water partition coefficient (Wildman–Crippen LogP) is 3.38. The summed E-state index contributed by atoms with van der Waals surface area (Å²) in [5, 5.41) is 10.5. The fourth-order valence-corrected chi connectivity index (χ4v) is 2.84. The molecule has 132 valence electrons. The number of aryl methyl sites for hydroxylation is 2. The monoisotopic (exact) mass is 351 g/mol. The molecule has 0 fully saturated rings. The van der Waals surface area contributed by atoms with Gasteiger partial charge in [-0.1, -0.05) is 22.3 Å². The van der Waals surface area contributed by atoms with E-state index < -0.39 is 0 Å². The fourth-order valence-electron chi connectivity index (χ4n) is 2.84. The highest BCUT2D eigenvalue weighted by atomic mass is 16.6. The number of aromatic nitrogens is 2. The molecule has 0 saturated heterocycles. The Labute approximate surface area is 150 Å². The van der Waals surface area contributed by atoms with Gasteiger partial charge in [0.15, 0.2) is 11.5 Å². The van der Waals surface area contributed by atoms with E-state index in [2.05, 4.69) is 21.6 Å². The molecule has 7 heteroatoms. The van der Waals surface area contributed by atoms with Crippen molar-refractivity contribution in [2.45, 2.75) is 13.8 Å². The second kappa shape index (κ2) is 6.51. The molecule has 1 amide bonds. The molecule has 0 unspecified atom stereocenters. The van der Waals surface area contributed by atoms with Crippen LogP contribution in [0, 0.1) is 13.8 Å². The summed E-state index contributed by atoms with van der Waals surface area (Å²) in [6.45, 7) is 4.96. The van der Waals surface area contributed by atoms with E-state index in [0.29, 0.717) is 36.2 Å². The van der Waals surface area contributed by atoms with Crippen molar-refractivity contribution >= 4 is 11.9 Å². The van der Waals surface area contributed by atoms with E-state index in [1.54, 1.807) is 18.2 Å². The molecule has 0 spiro atoms. The highest BCUT2D eigenvalue weighted by Crippen LogP contribution is 2.31. The van der Waals surface area contributed by atoms with E-state index in [1.165, 1.54) is 0 Å². The second-order valence-electron chi connectivity index (χ2n) is 6.10. The zero-order valence-electron chi connectivity index (χ0n) is 14.4. The summed E-state index contributed by atoms with van der Waals surface area (Å²) in [6.07, 6.45) is 0. The smallest absolute Gasteiger partial charge is 0.322 e. The van der Waals surface area contributed by atoms with Crippen LogP contribution in [0.1, 0.15) is 21.5 Å². The molecule has 1 aliphatic rings. The summed E-state index contributed by atoms with van der Waals surface area (Å²) in [4.78, 5) is 12.4. The van der Waals surface area contributed by atoms with Crippen molar-refractivity contribution in [3.63, 3.8) is 0 Å². The predicted molar refractivity (Wildman–Crippen MR) is 94.6 cm³/mol. The lowest BCUT2D eigenvalue weighted by Crippen LogP contribution is -2.17. The number of nitrogens with one attached hydrogen (secondary N) is 1. The Morgan fingerprint density at radius 3 is 2.46 bits per heavy atom. The molecule has 0 atom stereocenters. The van der Waals surface area contributed by atoms with Crippen LogP contribution in [0.15, 0.2) is 40.8 Å². The number of rotatable bonds is 3. The van der Waals surface area contributed by atoms with Gasteiger partial charge in [0.05, 0.1) is 0 Å². The minimum Gasteiger partial charge on any atom is -0.486 e. The molecule has 0 saturated carbocycles. The van der Waals surface area contributed by atoms with Gasteiger partial charge < -0.3 is 13.9 Å². The van der Waals surface area contributed by atoms with Crippen LogP contribution in [0.2, 0.25) is 0 Å². The van der Waals surface area contributed by atoms with Crippen LogP contribution in [-0.2, 0) is 0 Å².